The second-order valence-corrected chi connectivity index (χ2v) is 9.41. The Labute approximate surface area is 212 Å². The monoisotopic (exact) mass is 485 g/mol. The Morgan fingerprint density at radius 1 is 1.03 bits per heavy atom. The number of ether oxygens (including phenoxy) is 1. The maximum absolute atomic E-state index is 6.14. The van der Waals surface area contributed by atoms with Crippen LogP contribution < -0.4 is 26.4 Å². The van der Waals surface area contributed by atoms with Crippen molar-refractivity contribution in [2.24, 2.45) is 5.73 Å². The molecule has 188 valence electrons. The van der Waals surface area contributed by atoms with Gasteiger partial charge in [-0.2, -0.15) is 9.61 Å². The molecule has 0 spiro atoms. The van der Waals surface area contributed by atoms with Gasteiger partial charge in [-0.1, -0.05) is 30.3 Å². The number of hydrogen-bond acceptors (Lipinski definition) is 7. The second-order valence-electron chi connectivity index (χ2n) is 9.41. The van der Waals surface area contributed by atoms with Crippen LogP contribution in [0.2, 0.25) is 0 Å². The van der Waals surface area contributed by atoms with Crippen LogP contribution in [0.3, 0.4) is 0 Å². The van der Waals surface area contributed by atoms with Crippen LogP contribution in [0.15, 0.2) is 60.8 Å². The van der Waals surface area contributed by atoms with Crippen LogP contribution in [0.5, 0.6) is 5.75 Å². The minimum Gasteiger partial charge on any atom is -0.494 e. The topological polar surface area (TPSA) is 102 Å². The van der Waals surface area contributed by atoms with Crippen LogP contribution >= 0.6 is 0 Å². The van der Waals surface area contributed by atoms with Gasteiger partial charge in [-0.3, -0.25) is 0 Å². The molecule has 2 aromatic heterocycles. The van der Waals surface area contributed by atoms with E-state index in [1.807, 2.05) is 60.1 Å². The van der Waals surface area contributed by atoms with Crippen molar-refractivity contribution in [2.75, 3.05) is 22.6 Å². The molecule has 8 nitrogen and oxygen atoms in total. The maximum Gasteiger partial charge on any atom is 0.182 e. The fourth-order valence-corrected chi connectivity index (χ4v) is 4.67. The number of anilines is 4. The van der Waals surface area contributed by atoms with E-state index >= 15 is 0 Å². The van der Waals surface area contributed by atoms with Crippen molar-refractivity contribution in [1.82, 2.24) is 14.6 Å². The van der Waals surface area contributed by atoms with Gasteiger partial charge in [-0.25, -0.2) is 4.98 Å². The van der Waals surface area contributed by atoms with Crippen LogP contribution in [0.1, 0.15) is 43.7 Å². The number of aromatic nitrogens is 3. The van der Waals surface area contributed by atoms with Crippen LogP contribution in [0.4, 0.5) is 23.0 Å². The Morgan fingerprint density at radius 2 is 1.78 bits per heavy atom. The van der Waals surface area contributed by atoms with Crippen LogP contribution in [0.25, 0.3) is 5.65 Å². The molecule has 2 heterocycles. The molecular formula is C28H35N7O. The molecule has 2 aromatic carbocycles. The normalized spacial score (nSPS) is 17.6. The number of nitrogens with one attached hydrogen (secondary N) is 3. The minimum atomic E-state index is 0.306. The molecule has 5 N–H and O–H groups in total. The lowest BCUT2D eigenvalue weighted by Gasteiger charge is -2.28. The molecule has 0 radical (unpaired) electrons. The van der Waals surface area contributed by atoms with E-state index in [0.717, 1.165) is 65.7 Å². The van der Waals surface area contributed by atoms with Gasteiger partial charge in [0.2, 0.25) is 0 Å². The number of nitrogens with zero attached hydrogens (tertiary/aromatic N) is 3. The number of benzene rings is 2. The summed E-state index contributed by atoms with van der Waals surface area (Å²) in [6, 6.07) is 19.0. The third-order valence-electron chi connectivity index (χ3n) is 6.75. The predicted octanol–water partition coefficient (Wildman–Crippen LogP) is 5.47. The average Bonchev–Trinajstić information content (AvgIpc) is 3.31. The highest BCUT2D eigenvalue weighted by Crippen LogP contribution is 2.32. The van der Waals surface area contributed by atoms with Crippen molar-refractivity contribution in [3.63, 3.8) is 0 Å². The van der Waals surface area contributed by atoms with E-state index in [4.69, 9.17) is 20.6 Å². The standard InChI is InChI=1S/C28H35N7O/c1-3-36-24-15-13-23(14-16-24)33-27-19(2)26(32-22-11-9-21(29)10-12-22)34-28-25(18-31-35(27)28)30-17-20-7-5-4-6-8-20/h4-8,13-16,18,21-22,30,33H,3,9-12,17,29H2,1-2H3,(H,32,34)/t21-,22-. The maximum atomic E-state index is 6.14. The lowest BCUT2D eigenvalue weighted by atomic mass is 9.92. The summed E-state index contributed by atoms with van der Waals surface area (Å²) < 4.78 is 7.48. The highest BCUT2D eigenvalue weighted by Gasteiger charge is 2.22. The first-order chi connectivity index (χ1) is 17.6. The first kappa shape index (κ1) is 23.9. The molecule has 0 bridgehead atoms. The van der Waals surface area contributed by atoms with E-state index in [1.165, 1.54) is 5.56 Å². The zero-order valence-corrected chi connectivity index (χ0v) is 21.0. The summed E-state index contributed by atoms with van der Waals surface area (Å²) in [5.74, 6) is 2.61. The van der Waals surface area contributed by atoms with Gasteiger partial charge in [0, 0.05) is 29.9 Å². The quantitative estimate of drug-likeness (QED) is 0.249. The fourth-order valence-electron chi connectivity index (χ4n) is 4.67. The molecule has 1 aliphatic rings. The fraction of sp³-hybridized carbons (Fsp3) is 0.357. The molecule has 5 rings (SSSR count). The zero-order valence-electron chi connectivity index (χ0n) is 21.0. The lowest BCUT2D eigenvalue weighted by Crippen LogP contribution is -2.33. The lowest BCUT2D eigenvalue weighted by molar-refractivity contribution is 0.340. The van der Waals surface area contributed by atoms with Crippen LogP contribution in [-0.2, 0) is 6.54 Å². The molecule has 8 heteroatoms. The van der Waals surface area contributed by atoms with Crippen LogP contribution in [0, 0.1) is 6.92 Å². The summed E-state index contributed by atoms with van der Waals surface area (Å²) in [6.45, 7) is 5.41. The molecule has 1 aliphatic carbocycles. The van der Waals surface area contributed by atoms with Gasteiger partial charge in [0.1, 0.15) is 23.1 Å². The molecular weight excluding hydrogens is 450 g/mol. The Balaban J connectivity index is 1.47. The highest BCUT2D eigenvalue weighted by molar-refractivity contribution is 5.76. The summed E-state index contributed by atoms with van der Waals surface area (Å²) in [5.41, 5.74) is 11.0. The zero-order chi connectivity index (χ0) is 24.9. The minimum absolute atomic E-state index is 0.306. The van der Waals surface area contributed by atoms with Gasteiger partial charge < -0.3 is 26.4 Å². The van der Waals surface area contributed by atoms with Gasteiger partial charge in [0.05, 0.1) is 12.8 Å². The Kier molecular flexibility index (Phi) is 7.23. The summed E-state index contributed by atoms with van der Waals surface area (Å²) in [5, 5.41) is 15.5. The van der Waals surface area contributed by atoms with Crippen LogP contribution in [-0.4, -0.2) is 33.3 Å². The van der Waals surface area contributed by atoms with Crippen molar-refractivity contribution in [3.8, 4) is 5.75 Å². The average molecular weight is 486 g/mol. The largest absolute Gasteiger partial charge is 0.494 e. The van der Waals surface area contributed by atoms with Gasteiger partial charge in [-0.05, 0) is 69.4 Å². The molecule has 4 aromatic rings. The molecule has 0 aliphatic heterocycles. The van der Waals surface area contributed by atoms with E-state index in [2.05, 4.69) is 35.0 Å². The third kappa shape index (κ3) is 5.39. The summed E-state index contributed by atoms with van der Waals surface area (Å²) in [4.78, 5) is 5.04. The molecule has 0 saturated heterocycles. The molecule has 1 saturated carbocycles. The van der Waals surface area contributed by atoms with Gasteiger partial charge in [0.25, 0.3) is 0 Å². The Morgan fingerprint density at radius 3 is 2.50 bits per heavy atom. The second kappa shape index (κ2) is 10.9. The summed E-state index contributed by atoms with van der Waals surface area (Å²) in [7, 11) is 0. The van der Waals surface area contributed by atoms with Crippen molar-refractivity contribution >= 4 is 28.7 Å². The third-order valence-corrected chi connectivity index (χ3v) is 6.75. The van der Waals surface area contributed by atoms with E-state index in [1.54, 1.807) is 0 Å². The SMILES string of the molecule is CCOc1ccc(Nc2c(C)c(N[C@H]3CC[C@H](N)CC3)nc3c(NCc4ccccc4)cnn23)cc1. The number of nitrogens with two attached hydrogens (primary N) is 1. The Hall–Kier alpha value is -3.78. The molecule has 0 unspecified atom stereocenters. The van der Waals surface area contributed by atoms with E-state index < -0.39 is 0 Å². The van der Waals surface area contributed by atoms with Crippen molar-refractivity contribution in [1.29, 1.82) is 0 Å². The number of fused-ring (bicyclic) bond motifs is 1. The van der Waals surface area contributed by atoms with Crippen molar-refractivity contribution < 1.29 is 4.74 Å². The first-order valence-electron chi connectivity index (χ1n) is 12.8. The van der Waals surface area contributed by atoms with E-state index in [9.17, 15) is 0 Å². The predicted molar refractivity (Wildman–Crippen MR) is 146 cm³/mol. The van der Waals surface area contributed by atoms with Crippen molar-refractivity contribution in [2.45, 2.75) is 58.2 Å². The van der Waals surface area contributed by atoms with E-state index in [0.29, 0.717) is 25.2 Å². The van der Waals surface area contributed by atoms with Gasteiger partial charge in [0.15, 0.2) is 5.65 Å². The number of rotatable bonds is 9. The molecule has 0 amide bonds. The van der Waals surface area contributed by atoms with Gasteiger partial charge in [-0.15, -0.1) is 0 Å². The summed E-state index contributed by atoms with van der Waals surface area (Å²) in [6.07, 6.45) is 6.01. The smallest absolute Gasteiger partial charge is 0.182 e. The highest BCUT2D eigenvalue weighted by atomic mass is 16.5. The molecule has 0 atom stereocenters. The van der Waals surface area contributed by atoms with Crippen molar-refractivity contribution in [3.05, 3.63) is 71.9 Å². The van der Waals surface area contributed by atoms with Gasteiger partial charge >= 0.3 is 0 Å². The summed E-state index contributed by atoms with van der Waals surface area (Å²) >= 11 is 0. The molecule has 36 heavy (non-hydrogen) atoms. The first-order valence-corrected chi connectivity index (χ1v) is 12.8. The van der Waals surface area contributed by atoms with E-state index in [-0.39, 0.29) is 0 Å². The Bertz CT molecular complexity index is 1280. The number of hydrogen-bond donors (Lipinski definition) is 4. The molecule has 1 fully saturated rings.